The molecule has 2 aromatic rings. The van der Waals surface area contributed by atoms with Crippen molar-refractivity contribution >= 4 is 22.6 Å². The van der Waals surface area contributed by atoms with Gasteiger partial charge in [-0.25, -0.2) is 4.39 Å². The minimum atomic E-state index is -6.81. The average Bonchev–Trinajstić information content (AvgIpc) is 2.58. The number of halogens is 10. The number of benzene rings is 2. The van der Waals surface area contributed by atoms with Crippen LogP contribution in [0.4, 0.5) is 39.5 Å². The summed E-state index contributed by atoms with van der Waals surface area (Å²) in [4.78, 5) is 0. The van der Waals surface area contributed by atoms with Crippen molar-refractivity contribution in [2.24, 2.45) is 0 Å². The number of nitriles is 1. The van der Waals surface area contributed by atoms with Crippen LogP contribution in [0.15, 0.2) is 36.4 Å². The maximum absolute atomic E-state index is 15.1. The Morgan fingerprint density at radius 1 is 0.828 bits per heavy atom. The second kappa shape index (κ2) is 7.37. The standard InChI is InChI=1S/C18H9F9IN/c1-9-6-12(15(19,17(22,23)24)16(20,21)18(25,26)27)14(13(28)7-9)11-4-2-10(8-29)3-5-11/h2-7H,1H3. The minimum absolute atomic E-state index is 0.0559. The first kappa shape index (κ1) is 23.3. The molecule has 0 aliphatic rings. The molecule has 0 saturated carbocycles. The molecule has 11 heteroatoms. The monoisotopic (exact) mass is 537 g/mol. The third-order valence-electron chi connectivity index (χ3n) is 4.09. The molecule has 0 N–H and O–H groups in total. The Morgan fingerprint density at radius 2 is 1.34 bits per heavy atom. The fourth-order valence-electron chi connectivity index (χ4n) is 2.71. The molecule has 1 nitrogen and oxygen atoms in total. The van der Waals surface area contributed by atoms with Crippen molar-refractivity contribution in [3.63, 3.8) is 0 Å². The van der Waals surface area contributed by atoms with Gasteiger partial charge in [-0.2, -0.15) is 40.4 Å². The van der Waals surface area contributed by atoms with E-state index < -0.39 is 35.1 Å². The quantitative estimate of drug-likeness (QED) is 0.304. The van der Waals surface area contributed by atoms with Gasteiger partial charge in [0.15, 0.2) is 0 Å². The van der Waals surface area contributed by atoms with Gasteiger partial charge in [-0.3, -0.25) is 0 Å². The highest BCUT2D eigenvalue weighted by molar-refractivity contribution is 14.1. The van der Waals surface area contributed by atoms with Crippen LogP contribution in [0.2, 0.25) is 0 Å². The summed E-state index contributed by atoms with van der Waals surface area (Å²) < 4.78 is 122. The molecule has 0 aromatic heterocycles. The van der Waals surface area contributed by atoms with E-state index in [1.165, 1.54) is 28.7 Å². The Bertz CT molecular complexity index is 956. The highest BCUT2D eigenvalue weighted by Gasteiger charge is 2.82. The van der Waals surface area contributed by atoms with Crippen molar-refractivity contribution in [1.29, 1.82) is 5.26 Å². The van der Waals surface area contributed by atoms with Crippen molar-refractivity contribution in [3.05, 3.63) is 56.7 Å². The third-order valence-corrected chi connectivity index (χ3v) is 4.94. The van der Waals surface area contributed by atoms with Crippen molar-refractivity contribution < 1.29 is 39.5 Å². The van der Waals surface area contributed by atoms with Gasteiger partial charge in [0.05, 0.1) is 11.6 Å². The molecule has 29 heavy (non-hydrogen) atoms. The van der Waals surface area contributed by atoms with Crippen LogP contribution in [0.1, 0.15) is 16.7 Å². The summed E-state index contributed by atoms with van der Waals surface area (Å²) in [5, 5.41) is 8.79. The summed E-state index contributed by atoms with van der Waals surface area (Å²) in [6, 6.07) is 7.56. The summed E-state index contributed by atoms with van der Waals surface area (Å²) >= 11 is 1.43. The van der Waals surface area contributed by atoms with Crippen LogP contribution >= 0.6 is 22.6 Å². The van der Waals surface area contributed by atoms with Gasteiger partial charge in [-0.1, -0.05) is 18.2 Å². The van der Waals surface area contributed by atoms with E-state index in [4.69, 9.17) is 5.26 Å². The summed E-state index contributed by atoms with van der Waals surface area (Å²) in [5.41, 5.74) is -9.03. The van der Waals surface area contributed by atoms with E-state index in [0.29, 0.717) is 6.07 Å². The van der Waals surface area contributed by atoms with Gasteiger partial charge in [0.1, 0.15) is 0 Å². The minimum Gasteiger partial charge on any atom is -0.221 e. The lowest BCUT2D eigenvalue weighted by Gasteiger charge is -2.37. The molecule has 156 valence electrons. The van der Waals surface area contributed by atoms with E-state index in [0.717, 1.165) is 31.2 Å². The lowest BCUT2D eigenvalue weighted by Crippen LogP contribution is -2.60. The summed E-state index contributed by atoms with van der Waals surface area (Å²) in [6.07, 6.45) is -13.4. The van der Waals surface area contributed by atoms with Crippen LogP contribution in [-0.4, -0.2) is 18.3 Å². The van der Waals surface area contributed by atoms with Crippen LogP contribution in [0.3, 0.4) is 0 Å². The first-order valence-corrected chi connectivity index (χ1v) is 8.67. The molecule has 0 heterocycles. The van der Waals surface area contributed by atoms with Gasteiger partial charge in [-0.05, 0) is 58.8 Å². The largest absolute Gasteiger partial charge is 0.457 e. The van der Waals surface area contributed by atoms with Crippen LogP contribution in [0.25, 0.3) is 11.1 Å². The lowest BCUT2D eigenvalue weighted by molar-refractivity contribution is -0.389. The molecular formula is C18H9F9IN. The van der Waals surface area contributed by atoms with Gasteiger partial charge in [0, 0.05) is 14.7 Å². The van der Waals surface area contributed by atoms with Crippen LogP contribution < -0.4 is 0 Å². The number of nitrogens with zero attached hydrogens (tertiary/aromatic N) is 1. The summed E-state index contributed by atoms with van der Waals surface area (Å²) in [5.74, 6) is -6.77. The Morgan fingerprint density at radius 3 is 1.76 bits per heavy atom. The van der Waals surface area contributed by atoms with Crippen molar-refractivity contribution in [3.8, 4) is 17.2 Å². The highest BCUT2D eigenvalue weighted by atomic mass is 127. The third kappa shape index (κ3) is 3.78. The van der Waals surface area contributed by atoms with Crippen molar-refractivity contribution in [1.82, 2.24) is 0 Å². The number of rotatable bonds is 3. The van der Waals surface area contributed by atoms with Crippen LogP contribution in [0, 0.1) is 21.8 Å². The predicted molar refractivity (Wildman–Crippen MR) is 93.9 cm³/mol. The molecule has 0 aliphatic heterocycles. The van der Waals surface area contributed by atoms with E-state index in [2.05, 4.69) is 0 Å². The average molecular weight is 537 g/mol. The zero-order valence-corrected chi connectivity index (χ0v) is 16.3. The number of alkyl halides is 9. The molecule has 0 amide bonds. The van der Waals surface area contributed by atoms with E-state index >= 15 is 4.39 Å². The summed E-state index contributed by atoms with van der Waals surface area (Å²) in [7, 11) is 0. The summed E-state index contributed by atoms with van der Waals surface area (Å²) in [6.45, 7) is 1.14. The Hall–Kier alpha value is -1.97. The second-order valence-corrected chi connectivity index (χ2v) is 7.25. The highest BCUT2D eigenvalue weighted by Crippen LogP contribution is 2.60. The Balaban J connectivity index is 2.98. The smallest absolute Gasteiger partial charge is 0.221 e. The van der Waals surface area contributed by atoms with E-state index in [1.54, 1.807) is 6.07 Å². The molecular weight excluding hydrogens is 528 g/mol. The molecule has 1 unspecified atom stereocenters. The van der Waals surface area contributed by atoms with E-state index in [1.807, 2.05) is 0 Å². The fourth-order valence-corrected chi connectivity index (χ4v) is 3.81. The first-order valence-electron chi connectivity index (χ1n) is 7.59. The molecule has 0 aliphatic carbocycles. The predicted octanol–water partition coefficient (Wildman–Crippen LogP) is 7.06. The Labute approximate surface area is 172 Å². The first-order chi connectivity index (χ1) is 13.1. The lowest BCUT2D eigenvalue weighted by atomic mass is 9.82. The van der Waals surface area contributed by atoms with Crippen LogP contribution in [0.5, 0.6) is 0 Å². The zero-order chi connectivity index (χ0) is 22.4. The van der Waals surface area contributed by atoms with Gasteiger partial charge in [-0.15, -0.1) is 0 Å². The molecule has 0 saturated heterocycles. The molecule has 2 rings (SSSR count). The number of hydrogen-bond donors (Lipinski definition) is 0. The van der Waals surface area contributed by atoms with Gasteiger partial charge < -0.3 is 0 Å². The SMILES string of the molecule is Cc1cc(I)c(-c2ccc(C#N)cc2)c(C(F)(C(F)(F)F)C(F)(F)C(F)(F)F)c1. The zero-order valence-electron chi connectivity index (χ0n) is 14.2. The van der Waals surface area contributed by atoms with Gasteiger partial charge >= 0.3 is 23.9 Å². The van der Waals surface area contributed by atoms with Gasteiger partial charge in [0.2, 0.25) is 0 Å². The van der Waals surface area contributed by atoms with Crippen molar-refractivity contribution in [2.75, 3.05) is 0 Å². The number of hydrogen-bond acceptors (Lipinski definition) is 1. The van der Waals surface area contributed by atoms with Crippen molar-refractivity contribution in [2.45, 2.75) is 30.9 Å². The molecule has 1 atom stereocenters. The molecule has 0 fully saturated rings. The second-order valence-electron chi connectivity index (χ2n) is 6.09. The fraction of sp³-hybridized carbons (Fsp3) is 0.278. The van der Waals surface area contributed by atoms with Gasteiger partial charge in [0.25, 0.3) is 0 Å². The molecule has 0 spiro atoms. The normalized spacial score (nSPS) is 15.0. The van der Waals surface area contributed by atoms with Crippen LogP contribution in [-0.2, 0) is 5.67 Å². The number of aryl methyl sites for hydroxylation is 1. The Kier molecular flexibility index (Phi) is 5.93. The molecule has 0 radical (unpaired) electrons. The van der Waals surface area contributed by atoms with E-state index in [9.17, 15) is 35.1 Å². The molecule has 2 aromatic carbocycles. The molecule has 0 bridgehead atoms. The maximum atomic E-state index is 15.1. The maximum Gasteiger partial charge on any atom is 0.457 e. The topological polar surface area (TPSA) is 23.8 Å². The van der Waals surface area contributed by atoms with E-state index in [-0.39, 0.29) is 20.3 Å².